The molecule has 158 valence electrons. The summed E-state index contributed by atoms with van der Waals surface area (Å²) in [6, 6.07) is 8.91. The lowest BCUT2D eigenvalue weighted by Crippen LogP contribution is -2.27. The lowest BCUT2D eigenvalue weighted by Gasteiger charge is -2.12. The minimum absolute atomic E-state index is 0.0223. The van der Waals surface area contributed by atoms with E-state index in [0.717, 1.165) is 28.3 Å². The van der Waals surface area contributed by atoms with Crippen LogP contribution in [0.15, 0.2) is 30.3 Å². The summed E-state index contributed by atoms with van der Waals surface area (Å²) < 4.78 is 7.27. The van der Waals surface area contributed by atoms with Gasteiger partial charge in [0.2, 0.25) is 5.91 Å². The van der Waals surface area contributed by atoms with E-state index < -0.39 is 0 Å². The van der Waals surface area contributed by atoms with Gasteiger partial charge in [0, 0.05) is 43.7 Å². The SMILES string of the molecule is Cc1cc2nc(C)c(CCC(=O)Nc3ccc(OCC(=O)N(C)C)cc3)c(C)n2n1. The van der Waals surface area contributed by atoms with Gasteiger partial charge in [0.1, 0.15) is 5.75 Å². The molecule has 0 radical (unpaired) electrons. The molecule has 3 aromatic rings. The molecule has 0 aliphatic heterocycles. The summed E-state index contributed by atoms with van der Waals surface area (Å²) in [5.74, 6) is 0.376. The van der Waals surface area contributed by atoms with Crippen LogP contribution in [0.5, 0.6) is 5.75 Å². The average Bonchev–Trinajstić information content (AvgIpc) is 3.07. The van der Waals surface area contributed by atoms with E-state index in [1.165, 1.54) is 4.90 Å². The maximum Gasteiger partial charge on any atom is 0.259 e. The van der Waals surface area contributed by atoms with Gasteiger partial charge in [-0.2, -0.15) is 5.10 Å². The number of aryl methyl sites for hydroxylation is 3. The fourth-order valence-electron chi connectivity index (χ4n) is 3.17. The van der Waals surface area contributed by atoms with Gasteiger partial charge >= 0.3 is 0 Å². The van der Waals surface area contributed by atoms with Crippen LogP contribution in [0.1, 0.15) is 29.1 Å². The summed E-state index contributed by atoms with van der Waals surface area (Å²) in [5, 5.41) is 7.36. The Labute approximate surface area is 175 Å². The van der Waals surface area contributed by atoms with Gasteiger partial charge in [-0.25, -0.2) is 9.50 Å². The van der Waals surface area contributed by atoms with Crippen LogP contribution in [0.4, 0.5) is 5.69 Å². The van der Waals surface area contributed by atoms with Gasteiger partial charge in [-0.15, -0.1) is 0 Å². The molecule has 2 amide bonds. The number of carbonyl (C=O) groups is 2. The smallest absolute Gasteiger partial charge is 0.259 e. The number of hydrogen-bond acceptors (Lipinski definition) is 5. The van der Waals surface area contributed by atoms with Gasteiger partial charge in [-0.3, -0.25) is 9.59 Å². The van der Waals surface area contributed by atoms with Gasteiger partial charge < -0.3 is 15.0 Å². The number of benzene rings is 1. The highest BCUT2D eigenvalue weighted by molar-refractivity contribution is 5.90. The summed E-state index contributed by atoms with van der Waals surface area (Å²) in [4.78, 5) is 30.1. The van der Waals surface area contributed by atoms with Crippen LogP contribution in [-0.2, 0) is 16.0 Å². The first kappa shape index (κ1) is 21.3. The van der Waals surface area contributed by atoms with Crippen LogP contribution in [0.25, 0.3) is 5.65 Å². The van der Waals surface area contributed by atoms with Gasteiger partial charge in [0.15, 0.2) is 12.3 Å². The molecule has 0 saturated heterocycles. The van der Waals surface area contributed by atoms with Crippen molar-refractivity contribution in [1.29, 1.82) is 0 Å². The lowest BCUT2D eigenvalue weighted by molar-refractivity contribution is -0.130. The number of nitrogens with one attached hydrogen (secondary N) is 1. The molecular weight excluding hydrogens is 382 g/mol. The second-order valence-corrected chi connectivity index (χ2v) is 7.47. The summed E-state index contributed by atoms with van der Waals surface area (Å²) in [5.41, 5.74) is 5.38. The van der Waals surface area contributed by atoms with Crippen molar-refractivity contribution in [2.45, 2.75) is 33.6 Å². The Kier molecular flexibility index (Phi) is 6.34. The summed E-state index contributed by atoms with van der Waals surface area (Å²) in [7, 11) is 3.36. The quantitative estimate of drug-likeness (QED) is 0.648. The maximum absolute atomic E-state index is 12.4. The van der Waals surface area contributed by atoms with Crippen molar-refractivity contribution < 1.29 is 14.3 Å². The first-order chi connectivity index (χ1) is 14.2. The predicted octanol–water partition coefficient (Wildman–Crippen LogP) is 2.69. The third kappa shape index (κ3) is 4.94. The normalized spacial score (nSPS) is 10.8. The van der Waals surface area contributed by atoms with Gasteiger partial charge in [-0.1, -0.05) is 0 Å². The number of amides is 2. The van der Waals surface area contributed by atoms with E-state index in [9.17, 15) is 9.59 Å². The first-order valence-corrected chi connectivity index (χ1v) is 9.80. The molecule has 2 heterocycles. The Morgan fingerprint density at radius 3 is 2.50 bits per heavy atom. The molecule has 0 spiro atoms. The van der Waals surface area contributed by atoms with Crippen molar-refractivity contribution >= 4 is 23.1 Å². The molecule has 3 rings (SSSR count). The molecule has 1 aromatic carbocycles. The number of rotatable bonds is 7. The molecule has 1 N–H and O–H groups in total. The minimum atomic E-state index is -0.115. The molecule has 0 aliphatic carbocycles. The topological polar surface area (TPSA) is 88.8 Å². The molecule has 30 heavy (non-hydrogen) atoms. The zero-order valence-electron chi connectivity index (χ0n) is 18.0. The zero-order chi connectivity index (χ0) is 21.8. The molecule has 0 saturated carbocycles. The molecule has 8 nitrogen and oxygen atoms in total. The molecule has 2 aromatic heterocycles. The summed E-state index contributed by atoms with van der Waals surface area (Å²) in [6.07, 6.45) is 0.921. The van der Waals surface area contributed by atoms with Crippen molar-refractivity contribution in [2.75, 3.05) is 26.0 Å². The second-order valence-electron chi connectivity index (χ2n) is 7.47. The molecular formula is C22H27N5O3. The van der Waals surface area contributed by atoms with Crippen molar-refractivity contribution in [3.8, 4) is 5.75 Å². The lowest BCUT2D eigenvalue weighted by atomic mass is 10.1. The maximum atomic E-state index is 12.4. The second kappa shape index (κ2) is 8.94. The highest BCUT2D eigenvalue weighted by Gasteiger charge is 2.13. The van der Waals surface area contributed by atoms with Crippen LogP contribution in [0.3, 0.4) is 0 Å². The Balaban J connectivity index is 1.57. The van der Waals surface area contributed by atoms with Crippen molar-refractivity contribution in [1.82, 2.24) is 19.5 Å². The highest BCUT2D eigenvalue weighted by atomic mass is 16.5. The van der Waals surface area contributed by atoms with Crippen molar-refractivity contribution in [3.05, 3.63) is 53.0 Å². The molecule has 0 unspecified atom stereocenters. The Morgan fingerprint density at radius 1 is 1.13 bits per heavy atom. The van der Waals surface area contributed by atoms with Crippen LogP contribution < -0.4 is 10.1 Å². The fraction of sp³-hybridized carbons (Fsp3) is 0.364. The van der Waals surface area contributed by atoms with E-state index in [0.29, 0.717) is 24.3 Å². The Bertz CT molecular complexity index is 1070. The number of nitrogens with zero attached hydrogens (tertiary/aromatic N) is 4. The number of fused-ring (bicyclic) bond motifs is 1. The molecule has 8 heteroatoms. The van der Waals surface area contributed by atoms with Crippen LogP contribution in [0, 0.1) is 20.8 Å². The zero-order valence-corrected chi connectivity index (χ0v) is 18.0. The van der Waals surface area contributed by atoms with E-state index in [1.54, 1.807) is 38.4 Å². The first-order valence-electron chi connectivity index (χ1n) is 9.80. The molecule has 0 aliphatic rings. The van der Waals surface area contributed by atoms with Crippen molar-refractivity contribution in [3.63, 3.8) is 0 Å². The van der Waals surface area contributed by atoms with Gasteiger partial charge in [0.05, 0.1) is 5.69 Å². The minimum Gasteiger partial charge on any atom is -0.484 e. The third-order valence-electron chi connectivity index (χ3n) is 4.89. The number of aromatic nitrogens is 3. The van der Waals surface area contributed by atoms with Crippen molar-refractivity contribution in [2.24, 2.45) is 0 Å². The van der Waals surface area contributed by atoms with E-state index >= 15 is 0 Å². The molecule has 0 atom stereocenters. The van der Waals surface area contributed by atoms with E-state index in [1.807, 2.05) is 31.4 Å². The van der Waals surface area contributed by atoms with E-state index in [2.05, 4.69) is 15.4 Å². The Morgan fingerprint density at radius 2 is 1.83 bits per heavy atom. The third-order valence-corrected chi connectivity index (χ3v) is 4.89. The van der Waals surface area contributed by atoms with Crippen LogP contribution in [-0.4, -0.2) is 52.0 Å². The van der Waals surface area contributed by atoms with Gasteiger partial charge in [-0.05, 0) is 57.0 Å². The average molecular weight is 409 g/mol. The standard InChI is InChI=1S/C22H27N5O3/c1-14-12-20-23-15(2)19(16(3)27(20)25-14)10-11-21(28)24-17-6-8-18(9-7-17)30-13-22(29)26(4)5/h6-9,12H,10-11,13H2,1-5H3,(H,24,28). The Hall–Kier alpha value is -3.42. The number of likely N-dealkylation sites (N-methyl/N-ethyl adjacent to an activating group) is 1. The number of carbonyl (C=O) groups excluding carboxylic acids is 2. The highest BCUT2D eigenvalue weighted by Crippen LogP contribution is 2.19. The fourth-order valence-corrected chi connectivity index (χ4v) is 3.17. The monoisotopic (exact) mass is 409 g/mol. The number of anilines is 1. The molecule has 0 fully saturated rings. The molecule has 0 bridgehead atoms. The van der Waals surface area contributed by atoms with E-state index in [-0.39, 0.29) is 18.4 Å². The number of ether oxygens (including phenoxy) is 1. The van der Waals surface area contributed by atoms with Gasteiger partial charge in [0.25, 0.3) is 5.91 Å². The number of hydrogen-bond donors (Lipinski definition) is 1. The van der Waals surface area contributed by atoms with Crippen LogP contribution in [0.2, 0.25) is 0 Å². The summed E-state index contributed by atoms with van der Waals surface area (Å²) >= 11 is 0. The largest absolute Gasteiger partial charge is 0.484 e. The van der Waals surface area contributed by atoms with E-state index in [4.69, 9.17) is 4.74 Å². The predicted molar refractivity (Wildman–Crippen MR) is 115 cm³/mol. The summed E-state index contributed by atoms with van der Waals surface area (Å²) in [6.45, 7) is 5.88. The van der Waals surface area contributed by atoms with Crippen LogP contribution >= 0.6 is 0 Å².